The second-order valence-electron chi connectivity index (χ2n) is 4.56. The maximum atomic E-state index is 12.0. The zero-order chi connectivity index (χ0) is 15.6. The van der Waals surface area contributed by atoms with Gasteiger partial charge in [0.05, 0.1) is 5.69 Å². The third-order valence-corrected chi connectivity index (χ3v) is 2.77. The normalized spacial score (nSPS) is 12.0. The fourth-order valence-corrected chi connectivity index (χ4v) is 1.70. The maximum Gasteiger partial charge on any atom is 0.344 e. The fourth-order valence-electron chi connectivity index (χ4n) is 1.70. The van der Waals surface area contributed by atoms with Gasteiger partial charge in [-0.15, -0.1) is 0 Å². The Bertz CT molecular complexity index is 654. The van der Waals surface area contributed by atoms with Gasteiger partial charge in [-0.1, -0.05) is 10.3 Å². The van der Waals surface area contributed by atoms with Gasteiger partial charge in [-0.25, -0.2) is 4.79 Å². The number of hydrogen-bond donors (Lipinski definition) is 1. The van der Waals surface area contributed by atoms with Crippen LogP contribution in [0.1, 0.15) is 34.5 Å². The second-order valence-corrected chi connectivity index (χ2v) is 4.56. The Morgan fingerprint density at radius 2 is 1.95 bits per heavy atom. The molecule has 112 valence electrons. The lowest BCUT2D eigenvalue weighted by atomic mass is 10.2. The summed E-state index contributed by atoms with van der Waals surface area (Å²) in [5.74, 6) is -0.00529. The number of nitrogens with zero attached hydrogens (tertiary/aromatic N) is 2. The van der Waals surface area contributed by atoms with Gasteiger partial charge in [-0.3, -0.25) is 4.79 Å². The second kappa shape index (κ2) is 5.78. The van der Waals surface area contributed by atoms with Crippen molar-refractivity contribution in [3.63, 3.8) is 0 Å². The highest BCUT2D eigenvalue weighted by atomic mass is 16.5. The number of rotatable bonds is 4. The highest BCUT2D eigenvalue weighted by Gasteiger charge is 2.24. The molecule has 1 N–H and O–H groups in total. The van der Waals surface area contributed by atoms with Crippen molar-refractivity contribution >= 4 is 17.7 Å². The Kier molecular flexibility index (Phi) is 4.06. The molecule has 1 atom stereocenters. The third kappa shape index (κ3) is 3.28. The average molecular weight is 293 g/mol. The molecule has 0 aromatic carbocycles. The molecule has 0 spiro atoms. The van der Waals surface area contributed by atoms with E-state index in [0.717, 1.165) is 0 Å². The van der Waals surface area contributed by atoms with Crippen LogP contribution in [0, 0.1) is 20.8 Å². The number of carbonyl (C=O) groups excluding carboxylic acids is 2. The summed E-state index contributed by atoms with van der Waals surface area (Å²) in [5, 5.41) is 9.77. The Balaban J connectivity index is 1.99. The first-order valence-electron chi connectivity index (χ1n) is 6.26. The predicted octanol–water partition coefficient (Wildman–Crippen LogP) is 1.77. The van der Waals surface area contributed by atoms with E-state index in [9.17, 15) is 9.59 Å². The number of ether oxygens (including phenoxy) is 1. The van der Waals surface area contributed by atoms with Crippen LogP contribution in [-0.4, -0.2) is 28.3 Å². The molecular formula is C13H15N3O5. The van der Waals surface area contributed by atoms with E-state index in [1.54, 1.807) is 26.8 Å². The molecule has 0 aliphatic carbocycles. The van der Waals surface area contributed by atoms with Crippen LogP contribution in [-0.2, 0) is 9.53 Å². The number of aromatic nitrogens is 2. The number of hydrogen-bond acceptors (Lipinski definition) is 7. The summed E-state index contributed by atoms with van der Waals surface area (Å²) in [5.41, 5.74) is 0.643. The van der Waals surface area contributed by atoms with Gasteiger partial charge in [-0.05, 0) is 27.7 Å². The summed E-state index contributed by atoms with van der Waals surface area (Å²) < 4.78 is 14.8. The van der Waals surface area contributed by atoms with Crippen molar-refractivity contribution in [1.29, 1.82) is 0 Å². The van der Waals surface area contributed by atoms with E-state index in [4.69, 9.17) is 13.8 Å². The van der Waals surface area contributed by atoms with E-state index >= 15 is 0 Å². The molecule has 0 saturated carbocycles. The standard InChI is InChI=1S/C13H15N3O5/c1-6-5-10(16-20-6)14-12(17)9(4)19-13(18)11-7(2)15-21-8(11)3/h5,9H,1-4H3,(H,14,16,17)/t9-/m0/s1. The highest BCUT2D eigenvalue weighted by molar-refractivity contribution is 5.97. The van der Waals surface area contributed by atoms with Crippen LogP contribution in [0.25, 0.3) is 0 Å². The number of carbonyl (C=O) groups is 2. The number of anilines is 1. The first kappa shape index (κ1) is 14.8. The number of esters is 1. The largest absolute Gasteiger partial charge is 0.449 e. The molecule has 8 nitrogen and oxygen atoms in total. The van der Waals surface area contributed by atoms with Crippen molar-refractivity contribution in [3.05, 3.63) is 28.8 Å². The van der Waals surface area contributed by atoms with Gasteiger partial charge in [-0.2, -0.15) is 0 Å². The molecule has 0 saturated heterocycles. The Morgan fingerprint density at radius 3 is 2.48 bits per heavy atom. The van der Waals surface area contributed by atoms with Crippen LogP contribution < -0.4 is 5.32 Å². The lowest BCUT2D eigenvalue weighted by molar-refractivity contribution is -0.123. The summed E-state index contributed by atoms with van der Waals surface area (Å²) >= 11 is 0. The summed E-state index contributed by atoms with van der Waals surface area (Å²) in [7, 11) is 0. The minimum atomic E-state index is -0.997. The van der Waals surface area contributed by atoms with E-state index in [0.29, 0.717) is 17.2 Å². The van der Waals surface area contributed by atoms with Crippen LogP contribution >= 0.6 is 0 Å². The zero-order valence-electron chi connectivity index (χ0n) is 12.1. The number of amides is 1. The molecule has 2 aromatic rings. The van der Waals surface area contributed by atoms with Crippen molar-refractivity contribution < 1.29 is 23.4 Å². The summed E-state index contributed by atoms with van der Waals surface area (Å²) in [6.07, 6.45) is -0.997. The molecule has 2 heterocycles. The molecule has 0 unspecified atom stereocenters. The van der Waals surface area contributed by atoms with E-state index < -0.39 is 18.0 Å². The van der Waals surface area contributed by atoms with Crippen molar-refractivity contribution in [2.24, 2.45) is 0 Å². The Morgan fingerprint density at radius 1 is 1.24 bits per heavy atom. The molecule has 0 aliphatic rings. The van der Waals surface area contributed by atoms with Gasteiger partial charge < -0.3 is 19.1 Å². The van der Waals surface area contributed by atoms with Crippen LogP contribution in [0.2, 0.25) is 0 Å². The third-order valence-electron chi connectivity index (χ3n) is 2.77. The lowest BCUT2D eigenvalue weighted by Crippen LogP contribution is -2.30. The average Bonchev–Trinajstić information content (AvgIpc) is 2.95. The Hall–Kier alpha value is -2.64. The van der Waals surface area contributed by atoms with Crippen LogP contribution in [0.5, 0.6) is 0 Å². The van der Waals surface area contributed by atoms with Crippen molar-refractivity contribution in [3.8, 4) is 0 Å². The summed E-state index contributed by atoms with van der Waals surface area (Å²) in [4.78, 5) is 23.9. The number of aryl methyl sites for hydroxylation is 3. The SMILES string of the molecule is Cc1cc(NC(=O)[C@H](C)OC(=O)c2c(C)noc2C)no1. The molecule has 0 radical (unpaired) electrons. The van der Waals surface area contributed by atoms with Gasteiger partial charge in [0, 0.05) is 6.07 Å². The van der Waals surface area contributed by atoms with Crippen LogP contribution in [0.4, 0.5) is 5.82 Å². The molecule has 1 amide bonds. The molecule has 0 aliphatic heterocycles. The van der Waals surface area contributed by atoms with E-state index in [1.165, 1.54) is 6.92 Å². The van der Waals surface area contributed by atoms with Gasteiger partial charge in [0.25, 0.3) is 5.91 Å². The molecule has 0 fully saturated rings. The van der Waals surface area contributed by atoms with Gasteiger partial charge in [0.1, 0.15) is 17.1 Å². The maximum absolute atomic E-state index is 12.0. The quantitative estimate of drug-likeness (QED) is 0.856. The van der Waals surface area contributed by atoms with Gasteiger partial charge >= 0.3 is 5.97 Å². The number of nitrogens with one attached hydrogen (secondary N) is 1. The van der Waals surface area contributed by atoms with E-state index in [1.807, 2.05) is 0 Å². The highest BCUT2D eigenvalue weighted by Crippen LogP contribution is 2.15. The molecule has 8 heteroatoms. The monoisotopic (exact) mass is 293 g/mol. The smallest absolute Gasteiger partial charge is 0.344 e. The van der Waals surface area contributed by atoms with E-state index in [2.05, 4.69) is 15.6 Å². The Labute approximate surface area is 120 Å². The van der Waals surface area contributed by atoms with Crippen molar-refractivity contribution in [2.45, 2.75) is 33.8 Å². The lowest BCUT2D eigenvalue weighted by Gasteiger charge is -2.11. The fraction of sp³-hybridized carbons (Fsp3) is 0.385. The predicted molar refractivity (Wildman–Crippen MR) is 70.7 cm³/mol. The van der Waals surface area contributed by atoms with Gasteiger partial charge in [0.15, 0.2) is 11.9 Å². The zero-order valence-corrected chi connectivity index (χ0v) is 12.1. The first-order valence-corrected chi connectivity index (χ1v) is 6.26. The molecule has 0 bridgehead atoms. The molecule has 2 rings (SSSR count). The summed E-state index contributed by atoms with van der Waals surface area (Å²) in [6.45, 7) is 6.37. The van der Waals surface area contributed by atoms with Crippen molar-refractivity contribution in [1.82, 2.24) is 10.3 Å². The van der Waals surface area contributed by atoms with Gasteiger partial charge in [0.2, 0.25) is 0 Å². The summed E-state index contributed by atoms with van der Waals surface area (Å²) in [6, 6.07) is 1.56. The minimum absolute atomic E-state index is 0.229. The molecule has 2 aromatic heterocycles. The van der Waals surface area contributed by atoms with Crippen LogP contribution in [0.15, 0.2) is 15.1 Å². The van der Waals surface area contributed by atoms with Crippen molar-refractivity contribution in [2.75, 3.05) is 5.32 Å². The first-order chi connectivity index (χ1) is 9.88. The van der Waals surface area contributed by atoms with Crippen LogP contribution in [0.3, 0.4) is 0 Å². The topological polar surface area (TPSA) is 107 Å². The van der Waals surface area contributed by atoms with E-state index in [-0.39, 0.29) is 11.4 Å². The minimum Gasteiger partial charge on any atom is -0.449 e. The molecule has 21 heavy (non-hydrogen) atoms. The molecular weight excluding hydrogens is 278 g/mol.